The number of pyridine rings is 3. The van der Waals surface area contributed by atoms with Gasteiger partial charge in [-0.1, -0.05) is 91.0 Å². The number of aliphatic hydroxyl groups is 2. The Kier molecular flexibility index (Phi) is 16.2. The van der Waals surface area contributed by atoms with Crippen LogP contribution in [0.3, 0.4) is 0 Å². The highest BCUT2D eigenvalue weighted by atomic mass is 16.3. The summed E-state index contributed by atoms with van der Waals surface area (Å²) in [6.07, 6.45) is 28.5. The Labute approximate surface area is 509 Å². The zero-order valence-corrected chi connectivity index (χ0v) is 49.4. The maximum Gasteiger partial charge on any atom is 0.0966 e. The van der Waals surface area contributed by atoms with Gasteiger partial charge in [0.1, 0.15) is 0 Å². The number of H-pyrrole nitrogens is 3. The largest absolute Gasteiger partial charge is 0.390 e. The lowest BCUT2D eigenvalue weighted by Gasteiger charge is -2.22. The Balaban J connectivity index is 0.000000115. The zero-order valence-electron chi connectivity index (χ0n) is 49.4. The fourth-order valence-corrected chi connectivity index (χ4v) is 14.0. The number of aliphatic hydroxyl groups excluding tert-OH is 2. The Bertz CT molecular complexity index is 4350. The molecule has 1 atom stereocenters. The average Bonchev–Trinajstić information content (AvgIpc) is 2.86. The van der Waals surface area contributed by atoms with Crippen LogP contribution < -0.4 is 14.7 Å². The van der Waals surface area contributed by atoms with Gasteiger partial charge >= 0.3 is 0 Å². The molecule has 0 amide bonds. The second-order valence-electron chi connectivity index (χ2n) is 23.9. The normalized spacial score (nSPS) is 14.7. The van der Waals surface area contributed by atoms with Crippen LogP contribution in [0, 0.1) is 0 Å². The third-order valence-corrected chi connectivity index (χ3v) is 18.5. The van der Waals surface area contributed by atoms with Crippen molar-refractivity contribution in [2.75, 3.05) is 34.3 Å². The second-order valence-corrected chi connectivity index (χ2v) is 23.9. The Morgan fingerprint density at radius 1 is 0.425 bits per heavy atom. The molecule has 5 N–H and O–H groups in total. The van der Waals surface area contributed by atoms with Crippen molar-refractivity contribution in [1.29, 1.82) is 0 Å². The molecule has 0 spiro atoms. The van der Waals surface area contributed by atoms with Gasteiger partial charge in [0, 0.05) is 135 Å². The number of para-hydroxylation sites is 3. The first kappa shape index (κ1) is 55.6. The molecular weight excluding hydrogens is 1070 g/mol. The van der Waals surface area contributed by atoms with Gasteiger partial charge in [0.2, 0.25) is 0 Å². The van der Waals surface area contributed by atoms with Crippen LogP contribution in [0.25, 0.3) is 32.7 Å². The van der Waals surface area contributed by atoms with Gasteiger partial charge in [-0.25, -0.2) is 0 Å². The first-order chi connectivity index (χ1) is 43.0. The molecular formula is C76H75N9O2. The fourth-order valence-electron chi connectivity index (χ4n) is 14.0. The van der Waals surface area contributed by atoms with E-state index in [0.717, 1.165) is 114 Å². The Morgan fingerprint density at radius 2 is 0.874 bits per heavy atom. The van der Waals surface area contributed by atoms with Crippen molar-refractivity contribution >= 4 is 66.8 Å². The molecule has 6 aromatic heterocycles. The van der Waals surface area contributed by atoms with E-state index in [1.165, 1.54) is 123 Å². The fraction of sp³-hybridized carbons (Fsp3) is 0.250. The van der Waals surface area contributed by atoms with Gasteiger partial charge in [-0.05, 0) is 207 Å². The van der Waals surface area contributed by atoms with Crippen LogP contribution in [0.2, 0.25) is 0 Å². The summed E-state index contributed by atoms with van der Waals surface area (Å²) in [6.45, 7) is 3.01. The topological polar surface area (TPSA) is 136 Å². The zero-order chi connectivity index (χ0) is 58.5. The average molecular weight is 1150 g/mol. The molecule has 11 nitrogen and oxygen atoms in total. The number of nitrogens with one attached hydrogen (secondary N) is 3. The number of rotatable bonds is 16. The second kappa shape index (κ2) is 25.3. The number of fused-ring (bicyclic) bond motifs is 7. The first-order valence-corrected chi connectivity index (χ1v) is 31.4. The van der Waals surface area contributed by atoms with Crippen LogP contribution in [0.4, 0.5) is 34.1 Å². The SMILES string of the molecule is OC1CCc2c(N3CCc4cc(CCCc5c[nH]c6ccccc56)ccc43)ccnc21.OCc1cc(N2CCc3cc(CCCc4c[nH]c5ccccc45)ccc32)ccn1.c1ccc2c(CCCc3ccc4c(c3)CCN4c3ccncc3)c[nH]c2c1. The van der Waals surface area contributed by atoms with Gasteiger partial charge in [-0.3, -0.25) is 15.0 Å². The highest BCUT2D eigenvalue weighted by Crippen LogP contribution is 2.43. The lowest BCUT2D eigenvalue weighted by atomic mass is 10.0. The maximum absolute atomic E-state index is 10.2. The van der Waals surface area contributed by atoms with Gasteiger partial charge in [-0.2, -0.15) is 0 Å². The first-order valence-electron chi connectivity index (χ1n) is 31.4. The molecule has 12 aromatic rings. The quantitative estimate of drug-likeness (QED) is 0.0645. The third-order valence-electron chi connectivity index (χ3n) is 18.5. The van der Waals surface area contributed by atoms with Gasteiger partial charge in [0.15, 0.2) is 0 Å². The van der Waals surface area contributed by atoms with E-state index in [0.29, 0.717) is 5.69 Å². The minimum Gasteiger partial charge on any atom is -0.390 e. The predicted molar refractivity (Wildman–Crippen MR) is 354 cm³/mol. The lowest BCUT2D eigenvalue weighted by molar-refractivity contribution is 0.176. The van der Waals surface area contributed by atoms with Gasteiger partial charge in [0.25, 0.3) is 0 Å². The molecule has 0 radical (unpaired) electrons. The molecule has 87 heavy (non-hydrogen) atoms. The van der Waals surface area contributed by atoms with Crippen LogP contribution >= 0.6 is 0 Å². The van der Waals surface area contributed by atoms with Crippen LogP contribution in [-0.2, 0) is 70.8 Å². The van der Waals surface area contributed by atoms with E-state index in [1.54, 1.807) is 6.20 Å². The van der Waals surface area contributed by atoms with Crippen molar-refractivity contribution in [3.05, 3.63) is 268 Å². The van der Waals surface area contributed by atoms with Crippen LogP contribution in [0.1, 0.15) is 98.8 Å². The summed E-state index contributed by atoms with van der Waals surface area (Å²) in [7, 11) is 0. The summed E-state index contributed by atoms with van der Waals surface area (Å²) < 4.78 is 0. The van der Waals surface area contributed by atoms with Crippen molar-refractivity contribution in [3.63, 3.8) is 0 Å². The number of benzene rings is 6. The highest BCUT2D eigenvalue weighted by molar-refractivity contribution is 5.85. The molecule has 1 aliphatic carbocycles. The molecule has 6 aromatic carbocycles. The predicted octanol–water partition coefficient (Wildman–Crippen LogP) is 15.8. The maximum atomic E-state index is 10.2. The molecule has 1 unspecified atom stereocenters. The number of nitrogens with zero attached hydrogens (tertiary/aromatic N) is 6. The molecule has 436 valence electrons. The molecule has 11 heteroatoms. The lowest BCUT2D eigenvalue weighted by Crippen LogP contribution is -2.15. The third kappa shape index (κ3) is 11.9. The van der Waals surface area contributed by atoms with Crippen molar-refractivity contribution in [1.82, 2.24) is 29.9 Å². The molecule has 0 saturated heterocycles. The number of anilines is 6. The Hall–Kier alpha value is -9.29. The van der Waals surface area contributed by atoms with Gasteiger partial charge in [-0.15, -0.1) is 0 Å². The minimum absolute atomic E-state index is 0.0239. The summed E-state index contributed by atoms with van der Waals surface area (Å²) in [5, 5.41) is 23.6. The molecule has 16 rings (SSSR count). The van der Waals surface area contributed by atoms with E-state index in [-0.39, 0.29) is 6.61 Å². The molecule has 3 aliphatic heterocycles. The van der Waals surface area contributed by atoms with E-state index in [4.69, 9.17) is 0 Å². The summed E-state index contributed by atoms with van der Waals surface area (Å²) >= 11 is 0. The number of aryl methyl sites for hydroxylation is 6. The summed E-state index contributed by atoms with van der Waals surface area (Å²) in [6, 6.07) is 56.8. The van der Waals surface area contributed by atoms with Crippen molar-refractivity contribution in [2.45, 2.75) is 103 Å². The minimum atomic E-state index is -0.406. The van der Waals surface area contributed by atoms with Crippen molar-refractivity contribution < 1.29 is 10.2 Å². The van der Waals surface area contributed by atoms with Crippen LogP contribution in [0.5, 0.6) is 0 Å². The van der Waals surface area contributed by atoms with E-state index in [1.807, 2.05) is 30.7 Å². The summed E-state index contributed by atoms with van der Waals surface area (Å²) in [5.41, 5.74) is 26.9. The van der Waals surface area contributed by atoms with E-state index in [9.17, 15) is 10.2 Å². The van der Waals surface area contributed by atoms with Gasteiger partial charge < -0.3 is 39.9 Å². The van der Waals surface area contributed by atoms with E-state index >= 15 is 0 Å². The van der Waals surface area contributed by atoms with Crippen LogP contribution in [0.15, 0.2) is 201 Å². The number of aromatic nitrogens is 6. The van der Waals surface area contributed by atoms with Crippen LogP contribution in [-0.4, -0.2) is 59.8 Å². The summed E-state index contributed by atoms with van der Waals surface area (Å²) in [5.74, 6) is 0. The monoisotopic (exact) mass is 1150 g/mol. The summed E-state index contributed by atoms with van der Waals surface area (Å²) in [4.78, 5) is 30.0. The van der Waals surface area contributed by atoms with E-state index in [2.05, 4.69) is 209 Å². The van der Waals surface area contributed by atoms with E-state index < -0.39 is 6.10 Å². The molecule has 0 fully saturated rings. The molecule has 4 aliphatic rings. The molecule has 9 heterocycles. The Morgan fingerprint density at radius 3 is 1.38 bits per heavy atom. The molecule has 0 bridgehead atoms. The number of hydrogen-bond acceptors (Lipinski definition) is 8. The molecule has 0 saturated carbocycles. The smallest absolute Gasteiger partial charge is 0.0966 e. The highest BCUT2D eigenvalue weighted by Gasteiger charge is 2.30. The van der Waals surface area contributed by atoms with Gasteiger partial charge in [0.05, 0.1) is 24.1 Å². The standard InChI is InChI=1S/C27H27N3O.C25H25N3O.C24H23N3/c31-26-11-9-22-25(12-14-28-27(22)26)30-15-13-19-16-18(8-10-24(19)30)4-3-5-20-17-29-23-7-2-1-6-21(20)23;29-17-21-15-22(10-12-26-21)28-13-11-19-14-18(8-9-25(19)28)4-3-5-20-16-27-24-7-2-1-6-23(20)24;1-2-7-23-22(6-1)20(17-26-23)5-3-4-18-8-9-24-19(16-18)12-15-27(24)21-10-13-25-14-11-21/h1-2,6-8,10,12,14,16-17,26,29,31H,3-5,9,11,13,15H2;1-2,6-10,12,14-16,27,29H,3-5,11,13,17H2;1-2,6-11,13-14,16-17,26H,3-5,12,15H2. The van der Waals surface area contributed by atoms with Crippen molar-refractivity contribution in [2.24, 2.45) is 0 Å². The number of hydrogen-bond donors (Lipinski definition) is 5. The van der Waals surface area contributed by atoms with Crippen molar-refractivity contribution in [3.8, 4) is 0 Å². The number of aromatic amines is 3.